The summed E-state index contributed by atoms with van der Waals surface area (Å²) in [5.74, 6) is -0.308. The van der Waals surface area contributed by atoms with E-state index in [1.165, 1.54) is 12.1 Å². The molecule has 1 aliphatic heterocycles. The topological polar surface area (TPSA) is 60.9 Å². The van der Waals surface area contributed by atoms with Gasteiger partial charge in [0.05, 0.1) is 28.0 Å². The van der Waals surface area contributed by atoms with E-state index >= 15 is 0 Å². The highest BCUT2D eigenvalue weighted by Gasteiger charge is 2.29. The van der Waals surface area contributed by atoms with Gasteiger partial charge in [0, 0.05) is 13.6 Å². The summed E-state index contributed by atoms with van der Waals surface area (Å²) in [7, 11) is -2.00. The second-order valence-corrected chi connectivity index (χ2v) is 12.5. The van der Waals surface area contributed by atoms with Crippen LogP contribution in [-0.2, 0) is 14.8 Å². The number of anilines is 1. The van der Waals surface area contributed by atoms with Crippen molar-refractivity contribution in [3.8, 4) is 11.1 Å². The highest BCUT2D eigenvalue weighted by atomic mass is 35.5. The maximum atomic E-state index is 13.5. The van der Waals surface area contributed by atoms with Gasteiger partial charge in [0.2, 0.25) is 15.9 Å². The number of amides is 1. The molecule has 1 saturated heterocycles. The van der Waals surface area contributed by atoms with Gasteiger partial charge in [-0.2, -0.15) is 11.3 Å². The summed E-state index contributed by atoms with van der Waals surface area (Å²) >= 11 is 13.8. The standard InChI is InChI=1S/C26H29Cl2N3O3S2/c1-29(26(32)17-31(36(2,33)34)22-9-10-23(27)24(28)15-22)25(16-30-12-3-4-13-30)20-7-5-19(6-8-20)21-11-14-35-18-21/h5-11,14-15,18,25H,3-4,12-13,16-17H2,1-2H3. The van der Waals surface area contributed by atoms with Crippen LogP contribution in [0, 0.1) is 0 Å². The van der Waals surface area contributed by atoms with Crippen LogP contribution in [-0.4, -0.2) is 63.6 Å². The first-order chi connectivity index (χ1) is 17.1. The Morgan fingerprint density at radius 3 is 2.31 bits per heavy atom. The van der Waals surface area contributed by atoms with Gasteiger partial charge < -0.3 is 9.80 Å². The molecular formula is C26H29Cl2N3O3S2. The Balaban J connectivity index is 1.59. The fourth-order valence-electron chi connectivity index (χ4n) is 4.44. The van der Waals surface area contributed by atoms with E-state index in [-0.39, 0.29) is 23.5 Å². The zero-order valence-corrected chi connectivity index (χ0v) is 23.4. The molecule has 1 atom stereocenters. The molecule has 0 spiro atoms. The highest BCUT2D eigenvalue weighted by Crippen LogP contribution is 2.30. The molecule has 36 heavy (non-hydrogen) atoms. The number of thiophene rings is 1. The van der Waals surface area contributed by atoms with E-state index in [0.29, 0.717) is 17.3 Å². The number of hydrogen-bond acceptors (Lipinski definition) is 5. The minimum Gasteiger partial charge on any atom is -0.336 e. The number of nitrogens with zero attached hydrogens (tertiary/aromatic N) is 3. The Morgan fingerprint density at radius 2 is 1.72 bits per heavy atom. The van der Waals surface area contributed by atoms with Crippen LogP contribution in [0.3, 0.4) is 0 Å². The Labute approximate surface area is 227 Å². The molecule has 1 aliphatic rings. The molecule has 10 heteroatoms. The van der Waals surface area contributed by atoms with Gasteiger partial charge in [0.1, 0.15) is 6.54 Å². The number of likely N-dealkylation sites (N-methyl/N-ethyl adjacent to an activating group) is 1. The molecule has 0 saturated carbocycles. The summed E-state index contributed by atoms with van der Waals surface area (Å²) < 4.78 is 26.3. The van der Waals surface area contributed by atoms with Gasteiger partial charge in [-0.3, -0.25) is 9.10 Å². The third kappa shape index (κ3) is 6.42. The van der Waals surface area contributed by atoms with Crippen LogP contribution in [0.4, 0.5) is 5.69 Å². The number of rotatable bonds is 9. The lowest BCUT2D eigenvalue weighted by Gasteiger charge is -2.33. The number of carbonyl (C=O) groups is 1. The van der Waals surface area contributed by atoms with Crippen LogP contribution in [0.2, 0.25) is 10.0 Å². The molecule has 0 bridgehead atoms. The zero-order valence-electron chi connectivity index (χ0n) is 20.2. The minimum atomic E-state index is -3.74. The van der Waals surface area contributed by atoms with E-state index in [4.69, 9.17) is 23.2 Å². The van der Waals surface area contributed by atoms with Crippen molar-refractivity contribution in [2.45, 2.75) is 18.9 Å². The van der Waals surface area contributed by atoms with Gasteiger partial charge in [-0.25, -0.2) is 8.42 Å². The molecule has 6 nitrogen and oxygen atoms in total. The summed E-state index contributed by atoms with van der Waals surface area (Å²) in [6.07, 6.45) is 3.36. The number of halogens is 2. The molecule has 1 fully saturated rings. The average Bonchev–Trinajstić information content (AvgIpc) is 3.56. The first-order valence-corrected chi connectivity index (χ1v) is 15.2. The van der Waals surface area contributed by atoms with Crippen molar-refractivity contribution in [2.75, 3.05) is 43.8 Å². The molecule has 1 amide bonds. The molecule has 3 aromatic rings. The summed E-state index contributed by atoms with van der Waals surface area (Å²) in [6.45, 7) is 2.33. The third-order valence-electron chi connectivity index (χ3n) is 6.51. The van der Waals surface area contributed by atoms with E-state index in [1.54, 1.807) is 29.4 Å². The second-order valence-electron chi connectivity index (χ2n) is 9.03. The maximum absolute atomic E-state index is 13.5. The van der Waals surface area contributed by atoms with Crippen LogP contribution in [0.1, 0.15) is 24.4 Å². The van der Waals surface area contributed by atoms with Crippen molar-refractivity contribution in [3.05, 3.63) is 74.9 Å². The monoisotopic (exact) mass is 565 g/mol. The number of likely N-dealkylation sites (tertiary alicyclic amines) is 1. The molecule has 0 aliphatic carbocycles. The molecule has 2 aromatic carbocycles. The lowest BCUT2D eigenvalue weighted by atomic mass is 10.0. The summed E-state index contributed by atoms with van der Waals surface area (Å²) in [4.78, 5) is 17.5. The van der Waals surface area contributed by atoms with Gasteiger partial charge in [-0.1, -0.05) is 47.5 Å². The predicted molar refractivity (Wildman–Crippen MR) is 150 cm³/mol. The first kappa shape index (κ1) is 26.9. The van der Waals surface area contributed by atoms with Crippen molar-refractivity contribution in [1.29, 1.82) is 0 Å². The van der Waals surface area contributed by atoms with Crippen molar-refractivity contribution in [1.82, 2.24) is 9.80 Å². The normalized spacial score (nSPS) is 15.1. The lowest BCUT2D eigenvalue weighted by molar-refractivity contribution is -0.130. The number of benzene rings is 2. The number of hydrogen-bond donors (Lipinski definition) is 0. The summed E-state index contributed by atoms with van der Waals surface area (Å²) in [6, 6.07) is 14.7. The van der Waals surface area contributed by atoms with Gasteiger partial charge in [0.15, 0.2) is 0 Å². The molecule has 1 aromatic heterocycles. The second kappa shape index (κ2) is 11.5. The molecule has 0 N–H and O–H groups in total. The average molecular weight is 567 g/mol. The number of sulfonamides is 1. The van der Waals surface area contributed by atoms with Gasteiger partial charge >= 0.3 is 0 Å². The van der Waals surface area contributed by atoms with Crippen molar-refractivity contribution >= 4 is 56.2 Å². The largest absolute Gasteiger partial charge is 0.336 e. The Bertz CT molecular complexity index is 1290. The predicted octanol–water partition coefficient (Wildman–Crippen LogP) is 5.78. The molecule has 192 valence electrons. The van der Waals surface area contributed by atoms with Crippen LogP contribution < -0.4 is 4.31 Å². The fraction of sp³-hybridized carbons (Fsp3) is 0.346. The van der Waals surface area contributed by atoms with E-state index in [9.17, 15) is 13.2 Å². The number of carbonyl (C=O) groups excluding carboxylic acids is 1. The third-order valence-corrected chi connectivity index (χ3v) is 9.07. The SMILES string of the molecule is CN(C(=O)CN(c1ccc(Cl)c(Cl)c1)S(C)(=O)=O)C(CN1CCCC1)c1ccc(-c2ccsc2)cc1. The first-order valence-electron chi connectivity index (χ1n) is 11.7. The van der Waals surface area contributed by atoms with Crippen LogP contribution in [0.25, 0.3) is 11.1 Å². The minimum absolute atomic E-state index is 0.220. The smallest absolute Gasteiger partial charge is 0.243 e. The van der Waals surface area contributed by atoms with Crippen LogP contribution in [0.5, 0.6) is 0 Å². The Morgan fingerprint density at radius 1 is 1.03 bits per heavy atom. The molecule has 4 rings (SSSR count). The lowest BCUT2D eigenvalue weighted by Crippen LogP contribution is -2.45. The van der Waals surface area contributed by atoms with Crippen molar-refractivity contribution in [3.63, 3.8) is 0 Å². The van der Waals surface area contributed by atoms with Crippen LogP contribution >= 0.6 is 34.5 Å². The highest BCUT2D eigenvalue weighted by molar-refractivity contribution is 7.92. The van der Waals surface area contributed by atoms with Gasteiger partial charge in [-0.15, -0.1) is 0 Å². The van der Waals surface area contributed by atoms with Gasteiger partial charge in [-0.05, 0) is 77.6 Å². The summed E-state index contributed by atoms with van der Waals surface area (Å²) in [5, 5.41) is 4.69. The Kier molecular flexibility index (Phi) is 8.63. The molecular weight excluding hydrogens is 537 g/mol. The fourth-order valence-corrected chi connectivity index (χ4v) is 6.23. The maximum Gasteiger partial charge on any atom is 0.243 e. The van der Waals surface area contributed by atoms with Crippen molar-refractivity contribution < 1.29 is 13.2 Å². The summed E-state index contributed by atoms with van der Waals surface area (Å²) in [5.41, 5.74) is 3.59. The zero-order chi connectivity index (χ0) is 25.9. The molecule has 0 radical (unpaired) electrons. The van der Waals surface area contributed by atoms with E-state index in [1.807, 2.05) is 5.38 Å². The van der Waals surface area contributed by atoms with Crippen molar-refractivity contribution in [2.24, 2.45) is 0 Å². The van der Waals surface area contributed by atoms with Gasteiger partial charge in [0.25, 0.3) is 0 Å². The van der Waals surface area contributed by atoms with E-state index in [2.05, 4.69) is 40.6 Å². The van der Waals surface area contributed by atoms with E-state index < -0.39 is 10.0 Å². The quantitative estimate of drug-likeness (QED) is 0.329. The molecule has 2 heterocycles. The molecule has 1 unspecified atom stereocenters. The van der Waals surface area contributed by atoms with Crippen LogP contribution in [0.15, 0.2) is 59.3 Å². The van der Waals surface area contributed by atoms with E-state index in [0.717, 1.165) is 53.2 Å². The Hall–Kier alpha value is -2.10.